The predicted octanol–water partition coefficient (Wildman–Crippen LogP) is 5.82. The number of benzene rings is 2. The minimum Gasteiger partial charge on any atom is -0.310 e. The molecule has 1 aliphatic rings. The molecule has 9 heteroatoms. The Labute approximate surface area is 182 Å². The quantitative estimate of drug-likeness (QED) is 0.384. The number of rotatable bonds is 2. The van der Waals surface area contributed by atoms with Crippen molar-refractivity contribution in [2.45, 2.75) is 19.3 Å². The second kappa shape index (κ2) is 6.90. The van der Waals surface area contributed by atoms with Crippen LogP contribution in [0.4, 0.5) is 10.2 Å². The van der Waals surface area contributed by atoms with Crippen LogP contribution in [0.2, 0.25) is 5.02 Å². The second-order valence-corrected chi connectivity index (χ2v) is 9.14. The van der Waals surface area contributed by atoms with E-state index in [2.05, 4.69) is 31.3 Å². The van der Waals surface area contributed by atoms with Crippen molar-refractivity contribution < 1.29 is 9.18 Å². The lowest BCUT2D eigenvalue weighted by Gasteiger charge is -2.25. The Morgan fingerprint density at radius 3 is 2.93 bits per heavy atom. The normalized spacial score (nSPS) is 16.1. The number of halogens is 3. The van der Waals surface area contributed by atoms with Gasteiger partial charge in [0, 0.05) is 33.0 Å². The maximum absolute atomic E-state index is 14.6. The molecule has 0 bridgehead atoms. The average molecular weight is 492 g/mol. The molecule has 5 rings (SSSR count). The number of carbonyl (C=O) groups is 1. The summed E-state index contributed by atoms with van der Waals surface area (Å²) >= 11 is 11.2. The number of amides is 1. The molecule has 2 aromatic heterocycles. The molecular weight excluding hydrogens is 479 g/mol. The lowest BCUT2D eigenvalue weighted by molar-refractivity contribution is -0.116. The molecule has 29 heavy (non-hydrogen) atoms. The number of nitrogens with one attached hydrogen (secondary N) is 1. The molecule has 1 amide bonds. The third kappa shape index (κ3) is 3.06. The highest BCUT2D eigenvalue weighted by Gasteiger charge is 2.35. The van der Waals surface area contributed by atoms with Crippen LogP contribution in [0.1, 0.15) is 29.2 Å². The maximum Gasteiger partial charge on any atom is 0.226 e. The van der Waals surface area contributed by atoms with Gasteiger partial charge in [0.1, 0.15) is 11.6 Å². The molecule has 146 valence electrons. The van der Waals surface area contributed by atoms with Gasteiger partial charge in [-0.05, 0) is 37.3 Å². The highest BCUT2D eigenvalue weighted by molar-refractivity contribution is 9.10. The van der Waals surface area contributed by atoms with Crippen molar-refractivity contribution in [3.05, 3.63) is 68.5 Å². The summed E-state index contributed by atoms with van der Waals surface area (Å²) in [4.78, 5) is 17.2. The number of hydrogen-bond acceptors (Lipinski definition) is 4. The Balaban J connectivity index is 1.71. The summed E-state index contributed by atoms with van der Waals surface area (Å²) in [5.74, 6) is -0.641. The zero-order chi connectivity index (χ0) is 20.3. The Kier molecular flexibility index (Phi) is 4.45. The number of aryl methyl sites for hydroxylation is 1. The molecular formula is C20H13BrClFN4OS. The largest absolute Gasteiger partial charge is 0.310 e. The molecule has 1 N–H and O–H groups in total. The molecule has 0 saturated heterocycles. The number of nitrogens with zero attached hydrogens (tertiary/aromatic N) is 3. The zero-order valence-electron chi connectivity index (χ0n) is 15.0. The van der Waals surface area contributed by atoms with Crippen LogP contribution >= 0.6 is 38.9 Å². The van der Waals surface area contributed by atoms with E-state index in [0.29, 0.717) is 27.2 Å². The zero-order valence-corrected chi connectivity index (χ0v) is 18.2. The molecule has 0 fully saturated rings. The van der Waals surface area contributed by atoms with Gasteiger partial charge in [-0.3, -0.25) is 4.79 Å². The van der Waals surface area contributed by atoms with Gasteiger partial charge in [0.15, 0.2) is 0 Å². The Bertz CT molecular complexity index is 1280. The molecule has 2 aromatic carbocycles. The molecule has 3 heterocycles. The van der Waals surface area contributed by atoms with E-state index >= 15 is 0 Å². The van der Waals surface area contributed by atoms with E-state index in [9.17, 15) is 9.18 Å². The highest BCUT2D eigenvalue weighted by atomic mass is 79.9. The second-order valence-electron chi connectivity index (χ2n) is 6.81. The van der Waals surface area contributed by atoms with Gasteiger partial charge in [0.05, 0.1) is 15.9 Å². The van der Waals surface area contributed by atoms with Crippen molar-refractivity contribution in [3.63, 3.8) is 0 Å². The predicted molar refractivity (Wildman–Crippen MR) is 116 cm³/mol. The first-order chi connectivity index (χ1) is 13.9. The van der Waals surface area contributed by atoms with Crippen LogP contribution in [0.15, 0.2) is 40.9 Å². The average Bonchev–Trinajstić information content (AvgIpc) is 3.22. The minimum absolute atomic E-state index is 0.104. The number of thiazole rings is 1. The number of fused-ring (bicyclic) bond motifs is 2. The first kappa shape index (κ1) is 18.7. The van der Waals surface area contributed by atoms with Gasteiger partial charge >= 0.3 is 0 Å². The van der Waals surface area contributed by atoms with Crippen LogP contribution in [0.5, 0.6) is 0 Å². The fourth-order valence-corrected chi connectivity index (χ4v) is 5.52. The monoisotopic (exact) mass is 490 g/mol. The number of hydrogen-bond donors (Lipinski definition) is 1. The molecule has 0 spiro atoms. The molecule has 1 aliphatic heterocycles. The highest BCUT2D eigenvalue weighted by Crippen LogP contribution is 2.43. The van der Waals surface area contributed by atoms with E-state index in [0.717, 1.165) is 20.3 Å². The van der Waals surface area contributed by atoms with Crippen molar-refractivity contribution in [2.24, 2.45) is 0 Å². The summed E-state index contributed by atoms with van der Waals surface area (Å²) in [6.45, 7) is 1.85. The Morgan fingerprint density at radius 2 is 2.14 bits per heavy atom. The molecule has 1 atom stereocenters. The van der Waals surface area contributed by atoms with Crippen molar-refractivity contribution in [3.8, 4) is 5.13 Å². The van der Waals surface area contributed by atoms with Gasteiger partial charge < -0.3 is 5.32 Å². The third-order valence-corrected chi connectivity index (χ3v) is 6.79. The van der Waals surface area contributed by atoms with Crippen LogP contribution in [0, 0.1) is 12.7 Å². The SMILES string of the molecule is Cc1nn(-c2nc3ccc(Br)cc3s2)c2c1[C@@H](c1c(F)cccc1Cl)CC(=O)N2. The van der Waals surface area contributed by atoms with E-state index in [4.69, 9.17) is 11.6 Å². The van der Waals surface area contributed by atoms with Crippen molar-refractivity contribution >= 4 is 60.8 Å². The summed E-state index contributed by atoms with van der Waals surface area (Å²) in [6.07, 6.45) is 0.104. The van der Waals surface area contributed by atoms with Gasteiger partial charge in [-0.2, -0.15) is 9.78 Å². The van der Waals surface area contributed by atoms with E-state index in [1.807, 2.05) is 25.1 Å². The van der Waals surface area contributed by atoms with Crippen LogP contribution in [-0.4, -0.2) is 20.7 Å². The first-order valence-electron chi connectivity index (χ1n) is 8.82. The molecule has 0 saturated carbocycles. The topological polar surface area (TPSA) is 59.8 Å². The van der Waals surface area contributed by atoms with Gasteiger partial charge in [0.2, 0.25) is 11.0 Å². The summed E-state index contributed by atoms with van der Waals surface area (Å²) in [5, 5.41) is 8.44. The lowest BCUT2D eigenvalue weighted by Crippen LogP contribution is -2.25. The molecule has 0 unspecified atom stereocenters. The van der Waals surface area contributed by atoms with E-state index in [1.54, 1.807) is 16.8 Å². The summed E-state index contributed by atoms with van der Waals surface area (Å²) in [5.41, 5.74) is 2.62. The number of aromatic nitrogens is 3. The summed E-state index contributed by atoms with van der Waals surface area (Å²) in [6, 6.07) is 10.4. The van der Waals surface area contributed by atoms with Crippen molar-refractivity contribution in [1.29, 1.82) is 0 Å². The minimum atomic E-state index is -0.510. The fourth-order valence-electron chi connectivity index (χ4n) is 3.75. The molecule has 0 aliphatic carbocycles. The van der Waals surface area contributed by atoms with Crippen molar-refractivity contribution in [1.82, 2.24) is 14.8 Å². The molecule has 5 nitrogen and oxygen atoms in total. The molecule has 0 radical (unpaired) electrons. The van der Waals surface area contributed by atoms with Gasteiger partial charge in [-0.15, -0.1) is 0 Å². The van der Waals surface area contributed by atoms with Gasteiger partial charge in [-0.1, -0.05) is 44.9 Å². The van der Waals surface area contributed by atoms with Crippen LogP contribution in [0.25, 0.3) is 15.3 Å². The summed E-state index contributed by atoms with van der Waals surface area (Å²) < 4.78 is 18.2. The van der Waals surface area contributed by atoms with Crippen LogP contribution < -0.4 is 5.32 Å². The van der Waals surface area contributed by atoms with Gasteiger partial charge in [0.25, 0.3) is 0 Å². The van der Waals surface area contributed by atoms with E-state index in [-0.39, 0.29) is 12.3 Å². The number of anilines is 1. The Hall–Kier alpha value is -2.29. The molecule has 4 aromatic rings. The maximum atomic E-state index is 14.6. The first-order valence-corrected chi connectivity index (χ1v) is 10.8. The standard InChI is InChI=1S/C20H13BrClFN4OS/c1-9-17-11(18-12(22)3-2-4-13(18)23)8-16(28)25-19(17)27(26-9)20-24-14-6-5-10(21)7-15(14)29-20/h2-7,11H,8H2,1H3,(H,25,28)/t11-/m0/s1. The van der Waals surface area contributed by atoms with Crippen molar-refractivity contribution in [2.75, 3.05) is 5.32 Å². The van der Waals surface area contributed by atoms with E-state index < -0.39 is 11.7 Å². The Morgan fingerprint density at radius 1 is 1.31 bits per heavy atom. The number of carbonyl (C=O) groups excluding carboxylic acids is 1. The van der Waals surface area contributed by atoms with Crippen LogP contribution in [-0.2, 0) is 4.79 Å². The third-order valence-electron chi connectivity index (χ3n) is 4.97. The fraction of sp³-hybridized carbons (Fsp3) is 0.150. The smallest absolute Gasteiger partial charge is 0.226 e. The van der Waals surface area contributed by atoms with Crippen LogP contribution in [0.3, 0.4) is 0 Å². The lowest BCUT2D eigenvalue weighted by atomic mass is 9.85. The van der Waals surface area contributed by atoms with Gasteiger partial charge in [-0.25, -0.2) is 9.37 Å². The summed E-state index contributed by atoms with van der Waals surface area (Å²) in [7, 11) is 0. The van der Waals surface area contributed by atoms with E-state index in [1.165, 1.54) is 17.4 Å².